The van der Waals surface area contributed by atoms with Gasteiger partial charge in [-0.25, -0.2) is 0 Å². The molecule has 0 rings (SSSR count). The average molecular weight is 170 g/mol. The van der Waals surface area contributed by atoms with Crippen molar-refractivity contribution in [2.75, 3.05) is 0 Å². The largest absolute Gasteiger partial charge is 0.384 e. The highest BCUT2D eigenvalue weighted by Crippen LogP contribution is 2.01. The van der Waals surface area contributed by atoms with Gasteiger partial charge < -0.3 is 16.6 Å². The van der Waals surface area contributed by atoms with Crippen LogP contribution in [0, 0.1) is 0 Å². The Morgan fingerprint density at radius 2 is 1.92 bits per heavy atom. The van der Waals surface area contributed by atoms with Crippen LogP contribution in [0.1, 0.15) is 0 Å². The Kier molecular flexibility index (Phi) is 3.72. The number of carbonyl (C=O) groups excluding carboxylic acids is 2. The van der Waals surface area contributed by atoms with Gasteiger partial charge in [-0.1, -0.05) is 6.08 Å². The number of amides is 2. The van der Waals surface area contributed by atoms with Crippen molar-refractivity contribution in [2.24, 2.45) is 11.5 Å². The van der Waals surface area contributed by atoms with Gasteiger partial charge >= 0.3 is 0 Å². The second kappa shape index (κ2) is 4.30. The molecule has 0 aliphatic heterocycles. The number of aliphatic hydroxyl groups is 1. The Balaban J connectivity index is 4.78. The van der Waals surface area contributed by atoms with Gasteiger partial charge in [0.25, 0.3) is 0 Å². The molecule has 2 amide bonds. The lowest BCUT2D eigenvalue weighted by Gasteiger charge is -2.05. The predicted molar refractivity (Wildman–Crippen MR) is 42.7 cm³/mol. The summed E-state index contributed by atoms with van der Waals surface area (Å²) in [5.41, 5.74) is 9.33. The molecule has 66 valence electrons. The van der Waals surface area contributed by atoms with Crippen LogP contribution < -0.4 is 11.5 Å². The van der Waals surface area contributed by atoms with Gasteiger partial charge in [0.15, 0.2) is 0 Å². The third-order valence-corrected chi connectivity index (χ3v) is 1.12. The molecule has 0 aromatic heterocycles. The van der Waals surface area contributed by atoms with E-state index in [1.165, 1.54) is 0 Å². The van der Waals surface area contributed by atoms with Crippen molar-refractivity contribution in [3.05, 3.63) is 24.3 Å². The molecule has 0 bridgehead atoms. The molecule has 5 N–H and O–H groups in total. The van der Waals surface area contributed by atoms with Gasteiger partial charge in [0.1, 0.15) is 6.10 Å². The van der Waals surface area contributed by atoms with E-state index in [1.54, 1.807) is 0 Å². The molecule has 0 spiro atoms. The monoisotopic (exact) mass is 170 g/mol. The molecule has 0 aromatic rings. The van der Waals surface area contributed by atoms with Crippen molar-refractivity contribution in [2.45, 2.75) is 6.10 Å². The first-order chi connectivity index (χ1) is 5.49. The number of rotatable bonds is 4. The van der Waals surface area contributed by atoms with Crippen molar-refractivity contribution >= 4 is 11.8 Å². The van der Waals surface area contributed by atoms with Crippen LogP contribution in [0.5, 0.6) is 0 Å². The lowest BCUT2D eigenvalue weighted by Crippen LogP contribution is -2.25. The van der Waals surface area contributed by atoms with E-state index < -0.39 is 17.9 Å². The van der Waals surface area contributed by atoms with Crippen LogP contribution in [-0.2, 0) is 9.59 Å². The second-order valence-corrected chi connectivity index (χ2v) is 2.05. The average Bonchev–Trinajstić information content (AvgIpc) is 1.98. The second-order valence-electron chi connectivity index (χ2n) is 2.05. The molecule has 0 fully saturated rings. The zero-order chi connectivity index (χ0) is 9.72. The fourth-order valence-electron chi connectivity index (χ4n) is 0.582. The van der Waals surface area contributed by atoms with Crippen LogP contribution in [0.4, 0.5) is 0 Å². The quantitative estimate of drug-likeness (QED) is 0.350. The summed E-state index contributed by atoms with van der Waals surface area (Å²) in [6.45, 7) is 3.22. The minimum absolute atomic E-state index is 0.266. The molecule has 5 nitrogen and oxygen atoms in total. The SMILES string of the molecule is C=CC(O)C(=CC(N)=O)C(N)=O. The van der Waals surface area contributed by atoms with E-state index in [0.29, 0.717) is 0 Å². The summed E-state index contributed by atoms with van der Waals surface area (Å²) in [6, 6.07) is 0. The van der Waals surface area contributed by atoms with Gasteiger partial charge in [-0.15, -0.1) is 6.58 Å². The summed E-state index contributed by atoms with van der Waals surface area (Å²) in [6.07, 6.45) is 0.587. The van der Waals surface area contributed by atoms with E-state index in [4.69, 9.17) is 16.6 Å². The standard InChI is InChI=1S/C7H10N2O3/c1-2-5(10)4(7(9)12)3-6(8)11/h2-3,5,10H,1H2,(H2,8,11)(H2,9,12). The van der Waals surface area contributed by atoms with E-state index in [1.807, 2.05) is 0 Å². The van der Waals surface area contributed by atoms with Crippen molar-refractivity contribution in [3.8, 4) is 0 Å². The first-order valence-corrected chi connectivity index (χ1v) is 3.10. The summed E-state index contributed by atoms with van der Waals surface area (Å²) < 4.78 is 0. The van der Waals surface area contributed by atoms with Crippen LogP contribution in [0.2, 0.25) is 0 Å². The summed E-state index contributed by atoms with van der Waals surface area (Å²) >= 11 is 0. The number of aliphatic hydroxyl groups excluding tert-OH is 1. The maximum Gasteiger partial charge on any atom is 0.247 e. The maximum atomic E-state index is 10.6. The van der Waals surface area contributed by atoms with Crippen molar-refractivity contribution < 1.29 is 14.7 Å². The van der Waals surface area contributed by atoms with E-state index in [2.05, 4.69) is 6.58 Å². The predicted octanol–water partition coefficient (Wildman–Crippen LogP) is -1.57. The Labute approximate surface area is 69.3 Å². The minimum atomic E-state index is -1.25. The molecule has 0 radical (unpaired) electrons. The number of hydrogen-bond donors (Lipinski definition) is 3. The smallest absolute Gasteiger partial charge is 0.247 e. The first-order valence-electron chi connectivity index (χ1n) is 3.10. The van der Waals surface area contributed by atoms with Crippen LogP contribution in [0.15, 0.2) is 24.3 Å². The van der Waals surface area contributed by atoms with E-state index >= 15 is 0 Å². The van der Waals surface area contributed by atoms with Gasteiger partial charge in [-0.2, -0.15) is 0 Å². The third-order valence-electron chi connectivity index (χ3n) is 1.12. The molecular weight excluding hydrogens is 160 g/mol. The van der Waals surface area contributed by atoms with E-state index in [9.17, 15) is 9.59 Å². The van der Waals surface area contributed by atoms with Crippen LogP contribution in [0.25, 0.3) is 0 Å². The molecule has 1 unspecified atom stereocenters. The lowest BCUT2D eigenvalue weighted by molar-refractivity contribution is -0.117. The summed E-state index contributed by atoms with van der Waals surface area (Å²) in [4.78, 5) is 20.9. The highest BCUT2D eigenvalue weighted by atomic mass is 16.3. The normalized spacial score (nSPS) is 13.6. The van der Waals surface area contributed by atoms with Crippen LogP contribution >= 0.6 is 0 Å². The molecule has 0 heterocycles. The zero-order valence-electron chi connectivity index (χ0n) is 6.36. The van der Waals surface area contributed by atoms with Gasteiger partial charge in [0, 0.05) is 6.08 Å². The minimum Gasteiger partial charge on any atom is -0.384 e. The van der Waals surface area contributed by atoms with Gasteiger partial charge in [-0.05, 0) is 0 Å². The Bertz CT molecular complexity index is 245. The summed E-state index contributed by atoms with van der Waals surface area (Å²) in [7, 11) is 0. The van der Waals surface area contributed by atoms with Crippen LogP contribution in [0.3, 0.4) is 0 Å². The van der Waals surface area contributed by atoms with Gasteiger partial charge in [0.05, 0.1) is 5.57 Å². The highest BCUT2D eigenvalue weighted by Gasteiger charge is 2.13. The van der Waals surface area contributed by atoms with Gasteiger partial charge in [-0.3, -0.25) is 9.59 Å². The summed E-state index contributed by atoms with van der Waals surface area (Å²) in [5, 5.41) is 9.04. The maximum absolute atomic E-state index is 10.6. The molecule has 12 heavy (non-hydrogen) atoms. The third kappa shape index (κ3) is 2.98. The zero-order valence-corrected chi connectivity index (χ0v) is 6.36. The molecule has 0 aromatic carbocycles. The van der Waals surface area contributed by atoms with Crippen molar-refractivity contribution in [3.63, 3.8) is 0 Å². The molecule has 0 saturated heterocycles. The molecule has 0 aliphatic rings. The molecule has 0 saturated carbocycles. The molecule has 5 heteroatoms. The lowest BCUT2D eigenvalue weighted by atomic mass is 10.1. The number of nitrogens with two attached hydrogens (primary N) is 2. The number of primary amides is 2. The van der Waals surface area contributed by atoms with Crippen LogP contribution in [-0.4, -0.2) is 23.0 Å². The molecule has 1 atom stereocenters. The van der Waals surface area contributed by atoms with Crippen molar-refractivity contribution in [1.29, 1.82) is 0 Å². The number of hydrogen-bond acceptors (Lipinski definition) is 3. The molecular formula is C7H10N2O3. The van der Waals surface area contributed by atoms with E-state index in [0.717, 1.165) is 12.2 Å². The Hall–Kier alpha value is -1.62. The fourth-order valence-corrected chi connectivity index (χ4v) is 0.582. The number of carbonyl (C=O) groups is 2. The fraction of sp³-hybridized carbons (Fsp3) is 0.143. The van der Waals surface area contributed by atoms with Crippen molar-refractivity contribution in [1.82, 2.24) is 0 Å². The summed E-state index contributed by atoms with van der Waals surface area (Å²) in [5.74, 6) is -1.74. The van der Waals surface area contributed by atoms with E-state index in [-0.39, 0.29) is 5.57 Å². The molecule has 0 aliphatic carbocycles. The topological polar surface area (TPSA) is 106 Å². The highest BCUT2D eigenvalue weighted by molar-refractivity contribution is 6.00. The van der Waals surface area contributed by atoms with Gasteiger partial charge in [0.2, 0.25) is 11.8 Å². The Morgan fingerprint density at radius 3 is 2.17 bits per heavy atom. The first kappa shape index (κ1) is 10.4. The Morgan fingerprint density at radius 1 is 1.42 bits per heavy atom.